The van der Waals surface area contributed by atoms with Crippen LogP contribution in [-0.4, -0.2) is 45.0 Å². The number of nitrogens with one attached hydrogen (secondary N) is 1. The van der Waals surface area contributed by atoms with E-state index < -0.39 is 0 Å². The van der Waals surface area contributed by atoms with Crippen molar-refractivity contribution in [2.75, 3.05) is 18.5 Å². The molecule has 0 bridgehead atoms. The van der Waals surface area contributed by atoms with E-state index in [1.165, 1.54) is 0 Å². The number of carbonyl (C=O) groups excluding carboxylic acids is 1. The largest absolute Gasteiger partial charge is 0.394 e. The zero-order chi connectivity index (χ0) is 15.5. The number of benzene rings is 1. The maximum absolute atomic E-state index is 12.4. The molecule has 0 saturated carbocycles. The average molecular weight is 300 g/mol. The van der Waals surface area contributed by atoms with Crippen LogP contribution < -0.4 is 5.32 Å². The van der Waals surface area contributed by atoms with Crippen molar-refractivity contribution in [1.29, 1.82) is 0 Å². The number of aryl methyl sites for hydroxylation is 1. The van der Waals surface area contributed by atoms with Crippen molar-refractivity contribution in [3.05, 3.63) is 42.1 Å². The Morgan fingerprint density at radius 1 is 1.41 bits per heavy atom. The van der Waals surface area contributed by atoms with Crippen LogP contribution in [0.1, 0.15) is 18.4 Å². The highest BCUT2D eigenvalue weighted by molar-refractivity contribution is 5.89. The minimum atomic E-state index is -0.188. The first kappa shape index (κ1) is 14.6. The summed E-state index contributed by atoms with van der Waals surface area (Å²) in [5.41, 5.74) is 2.01. The molecule has 1 aliphatic heterocycles. The number of hydrogen-bond acceptors (Lipinski definition) is 3. The molecule has 0 unspecified atom stereocenters. The fourth-order valence-corrected chi connectivity index (χ4v) is 2.87. The Kier molecular flexibility index (Phi) is 4.11. The van der Waals surface area contributed by atoms with Crippen LogP contribution in [-0.2, 0) is 0 Å². The summed E-state index contributed by atoms with van der Waals surface area (Å²) < 4.78 is 1.72. The first-order valence-electron chi connectivity index (χ1n) is 7.49. The average Bonchev–Trinajstić information content (AvgIpc) is 3.16. The van der Waals surface area contributed by atoms with Gasteiger partial charge in [-0.15, -0.1) is 0 Å². The lowest BCUT2D eigenvalue weighted by Crippen LogP contribution is -2.40. The van der Waals surface area contributed by atoms with Crippen molar-refractivity contribution in [3.63, 3.8) is 0 Å². The van der Waals surface area contributed by atoms with Gasteiger partial charge in [-0.1, -0.05) is 18.2 Å². The quantitative estimate of drug-likeness (QED) is 0.912. The molecule has 22 heavy (non-hydrogen) atoms. The van der Waals surface area contributed by atoms with Crippen molar-refractivity contribution in [2.45, 2.75) is 25.8 Å². The van der Waals surface area contributed by atoms with Gasteiger partial charge in [-0.2, -0.15) is 5.10 Å². The van der Waals surface area contributed by atoms with Crippen LogP contribution in [0.25, 0.3) is 5.69 Å². The first-order valence-corrected chi connectivity index (χ1v) is 7.49. The van der Waals surface area contributed by atoms with E-state index in [1.807, 2.05) is 31.2 Å². The topological polar surface area (TPSA) is 70.4 Å². The maximum Gasteiger partial charge on any atom is 0.323 e. The highest BCUT2D eigenvalue weighted by Crippen LogP contribution is 2.21. The minimum Gasteiger partial charge on any atom is -0.394 e. The number of para-hydroxylation sites is 1. The monoisotopic (exact) mass is 300 g/mol. The Bertz CT molecular complexity index is 668. The lowest BCUT2D eigenvalue weighted by molar-refractivity contribution is 0.166. The molecule has 6 nitrogen and oxygen atoms in total. The second-order valence-electron chi connectivity index (χ2n) is 5.52. The van der Waals surface area contributed by atoms with E-state index >= 15 is 0 Å². The molecule has 1 aromatic carbocycles. The minimum absolute atomic E-state index is 0.00444. The van der Waals surface area contributed by atoms with E-state index in [1.54, 1.807) is 21.8 Å². The molecular formula is C16H20N4O2. The number of nitrogens with zero attached hydrogens (tertiary/aromatic N) is 3. The van der Waals surface area contributed by atoms with Gasteiger partial charge in [0.2, 0.25) is 0 Å². The van der Waals surface area contributed by atoms with Gasteiger partial charge >= 0.3 is 6.03 Å². The van der Waals surface area contributed by atoms with Gasteiger partial charge in [0.1, 0.15) is 5.82 Å². The molecule has 2 aromatic rings. The van der Waals surface area contributed by atoms with Gasteiger partial charge in [0.15, 0.2) is 0 Å². The normalized spacial score (nSPS) is 17.7. The number of rotatable bonds is 3. The van der Waals surface area contributed by atoms with E-state index in [-0.39, 0.29) is 18.7 Å². The van der Waals surface area contributed by atoms with Crippen molar-refractivity contribution >= 4 is 11.8 Å². The molecule has 116 valence electrons. The molecule has 0 radical (unpaired) electrons. The van der Waals surface area contributed by atoms with Crippen LogP contribution in [0.15, 0.2) is 36.5 Å². The Labute approximate surface area is 129 Å². The predicted octanol–water partition coefficient (Wildman–Crippen LogP) is 2.17. The molecule has 0 spiro atoms. The predicted molar refractivity (Wildman–Crippen MR) is 84.1 cm³/mol. The van der Waals surface area contributed by atoms with Gasteiger partial charge in [-0.25, -0.2) is 9.48 Å². The van der Waals surface area contributed by atoms with Crippen molar-refractivity contribution in [3.8, 4) is 5.69 Å². The van der Waals surface area contributed by atoms with Crippen LogP contribution in [0.4, 0.5) is 10.6 Å². The Morgan fingerprint density at radius 3 is 3.00 bits per heavy atom. The lowest BCUT2D eigenvalue weighted by atomic mass is 10.2. The second kappa shape index (κ2) is 6.19. The van der Waals surface area contributed by atoms with Crippen LogP contribution in [0.2, 0.25) is 0 Å². The second-order valence-corrected chi connectivity index (χ2v) is 5.52. The zero-order valence-electron chi connectivity index (χ0n) is 12.6. The summed E-state index contributed by atoms with van der Waals surface area (Å²) >= 11 is 0. The summed E-state index contributed by atoms with van der Waals surface area (Å²) in [6, 6.07) is 9.37. The molecule has 2 heterocycles. The Morgan fingerprint density at radius 2 is 2.23 bits per heavy atom. The third kappa shape index (κ3) is 2.69. The van der Waals surface area contributed by atoms with E-state index in [9.17, 15) is 9.90 Å². The number of aliphatic hydroxyl groups is 1. The number of anilines is 1. The molecule has 3 rings (SSSR count). The van der Waals surface area contributed by atoms with Gasteiger partial charge in [-0.05, 0) is 31.4 Å². The van der Waals surface area contributed by atoms with Gasteiger partial charge < -0.3 is 10.0 Å². The van der Waals surface area contributed by atoms with Gasteiger partial charge in [-0.3, -0.25) is 5.32 Å². The first-order chi connectivity index (χ1) is 10.7. The van der Waals surface area contributed by atoms with Crippen molar-refractivity contribution in [2.24, 2.45) is 0 Å². The Balaban J connectivity index is 1.81. The number of urea groups is 1. The maximum atomic E-state index is 12.4. The number of aromatic nitrogens is 2. The van der Waals surface area contributed by atoms with Crippen molar-refractivity contribution in [1.82, 2.24) is 14.7 Å². The molecule has 1 saturated heterocycles. The number of likely N-dealkylation sites (tertiary alicyclic amines) is 1. The third-order valence-electron chi connectivity index (χ3n) is 4.07. The molecular weight excluding hydrogens is 280 g/mol. The summed E-state index contributed by atoms with van der Waals surface area (Å²) in [5, 5.41) is 16.5. The SMILES string of the molecule is Cc1ccccc1-n1nccc1NC(=O)N1CCC[C@H]1CO. The van der Waals surface area contributed by atoms with Crippen LogP contribution in [0.5, 0.6) is 0 Å². The smallest absolute Gasteiger partial charge is 0.323 e. The number of amides is 2. The number of hydrogen-bond donors (Lipinski definition) is 2. The summed E-state index contributed by atoms with van der Waals surface area (Å²) in [6.45, 7) is 2.69. The van der Waals surface area contributed by atoms with E-state index in [0.717, 1.165) is 24.1 Å². The number of aliphatic hydroxyl groups excluding tert-OH is 1. The molecule has 1 fully saturated rings. The van der Waals surface area contributed by atoms with E-state index in [0.29, 0.717) is 12.4 Å². The number of carbonyl (C=O) groups is 1. The van der Waals surface area contributed by atoms with E-state index in [2.05, 4.69) is 10.4 Å². The molecule has 1 atom stereocenters. The highest BCUT2D eigenvalue weighted by atomic mass is 16.3. The molecule has 2 amide bonds. The Hall–Kier alpha value is -2.34. The highest BCUT2D eigenvalue weighted by Gasteiger charge is 2.28. The van der Waals surface area contributed by atoms with E-state index in [4.69, 9.17) is 0 Å². The molecule has 1 aromatic heterocycles. The summed E-state index contributed by atoms with van der Waals surface area (Å²) in [5.74, 6) is 0.628. The lowest BCUT2D eigenvalue weighted by Gasteiger charge is -2.23. The van der Waals surface area contributed by atoms with Crippen LogP contribution >= 0.6 is 0 Å². The fourth-order valence-electron chi connectivity index (χ4n) is 2.87. The molecule has 0 aliphatic carbocycles. The molecule has 6 heteroatoms. The molecule has 2 N–H and O–H groups in total. The fraction of sp³-hybridized carbons (Fsp3) is 0.375. The standard InChI is InChI=1S/C16H20N4O2/c1-12-5-2-3-7-14(12)20-15(8-9-17-20)18-16(22)19-10-4-6-13(19)11-21/h2-3,5,7-9,13,21H,4,6,10-11H2,1H3,(H,18,22)/t13-/m0/s1. The van der Waals surface area contributed by atoms with Gasteiger partial charge in [0, 0.05) is 12.6 Å². The summed E-state index contributed by atoms with van der Waals surface area (Å²) in [7, 11) is 0. The molecule has 1 aliphatic rings. The van der Waals surface area contributed by atoms with Crippen LogP contribution in [0.3, 0.4) is 0 Å². The summed E-state index contributed by atoms with van der Waals surface area (Å²) in [4.78, 5) is 14.1. The third-order valence-corrected chi connectivity index (χ3v) is 4.07. The van der Waals surface area contributed by atoms with Gasteiger partial charge in [0.05, 0.1) is 24.5 Å². The van der Waals surface area contributed by atoms with Gasteiger partial charge in [0.25, 0.3) is 0 Å². The zero-order valence-corrected chi connectivity index (χ0v) is 12.6. The van der Waals surface area contributed by atoms with Crippen molar-refractivity contribution < 1.29 is 9.90 Å². The van der Waals surface area contributed by atoms with Crippen LogP contribution in [0, 0.1) is 6.92 Å². The summed E-state index contributed by atoms with van der Waals surface area (Å²) in [6.07, 6.45) is 3.44.